The van der Waals surface area contributed by atoms with Crippen molar-refractivity contribution in [2.45, 2.75) is 49.8 Å². The standard InChI is InChI=1S/C23H26ClN3O5S/c1-14-12-27(13-15(2)32-14)33(30,31)21-11-16(7-10-19(21)24)22(28)26-20-6-4-3-5-18(20)23(29)25-17-8-9-17/h3-7,10-11,14-15,17H,8-9,12-13H2,1-2H3,(H,25,29)(H,26,28)/t14-,15-/m0/s1. The first-order chi connectivity index (χ1) is 15.6. The van der Waals surface area contributed by atoms with E-state index in [9.17, 15) is 18.0 Å². The monoisotopic (exact) mass is 491 g/mol. The maximum Gasteiger partial charge on any atom is 0.255 e. The molecule has 0 radical (unpaired) electrons. The van der Waals surface area contributed by atoms with Crippen molar-refractivity contribution in [1.29, 1.82) is 0 Å². The summed E-state index contributed by atoms with van der Waals surface area (Å²) >= 11 is 6.24. The summed E-state index contributed by atoms with van der Waals surface area (Å²) in [6.07, 6.45) is 1.38. The van der Waals surface area contributed by atoms with Crippen molar-refractivity contribution in [3.63, 3.8) is 0 Å². The van der Waals surface area contributed by atoms with Crippen molar-refractivity contribution in [1.82, 2.24) is 9.62 Å². The molecule has 1 saturated carbocycles. The van der Waals surface area contributed by atoms with Crippen LogP contribution < -0.4 is 10.6 Å². The number of nitrogens with one attached hydrogen (secondary N) is 2. The number of para-hydroxylation sites is 1. The van der Waals surface area contributed by atoms with Crippen LogP contribution in [-0.4, -0.2) is 55.9 Å². The zero-order chi connectivity index (χ0) is 23.8. The van der Waals surface area contributed by atoms with Gasteiger partial charge in [-0.1, -0.05) is 23.7 Å². The van der Waals surface area contributed by atoms with E-state index in [1.165, 1.54) is 22.5 Å². The second kappa shape index (κ2) is 9.42. The summed E-state index contributed by atoms with van der Waals surface area (Å²) < 4.78 is 33.5. The number of amides is 2. The summed E-state index contributed by atoms with van der Waals surface area (Å²) in [6, 6.07) is 11.0. The van der Waals surface area contributed by atoms with Crippen LogP contribution in [0.5, 0.6) is 0 Å². The van der Waals surface area contributed by atoms with Gasteiger partial charge in [0.2, 0.25) is 10.0 Å². The lowest BCUT2D eigenvalue weighted by Crippen LogP contribution is -2.48. The second-order valence-electron chi connectivity index (χ2n) is 8.47. The average Bonchev–Trinajstić information content (AvgIpc) is 3.57. The summed E-state index contributed by atoms with van der Waals surface area (Å²) in [5, 5.41) is 5.65. The van der Waals surface area contributed by atoms with E-state index in [0.29, 0.717) is 11.3 Å². The molecule has 176 valence electrons. The lowest BCUT2D eigenvalue weighted by molar-refractivity contribution is -0.0440. The van der Waals surface area contributed by atoms with Crippen LogP contribution in [0.4, 0.5) is 5.69 Å². The normalized spacial score (nSPS) is 21.4. The molecule has 0 bridgehead atoms. The zero-order valence-corrected chi connectivity index (χ0v) is 19.9. The average molecular weight is 492 g/mol. The Morgan fingerprint density at radius 2 is 1.70 bits per heavy atom. The molecule has 1 saturated heterocycles. The molecule has 8 nitrogen and oxygen atoms in total. The summed E-state index contributed by atoms with van der Waals surface area (Å²) in [4.78, 5) is 25.4. The Morgan fingerprint density at radius 3 is 2.36 bits per heavy atom. The molecular weight excluding hydrogens is 466 g/mol. The van der Waals surface area contributed by atoms with E-state index in [-0.39, 0.29) is 52.7 Å². The first-order valence-corrected chi connectivity index (χ1v) is 12.6. The maximum absolute atomic E-state index is 13.3. The molecule has 1 heterocycles. The molecule has 2 fully saturated rings. The number of morpholine rings is 1. The smallest absolute Gasteiger partial charge is 0.255 e. The van der Waals surface area contributed by atoms with E-state index >= 15 is 0 Å². The predicted octanol–water partition coefficient (Wildman–Crippen LogP) is 3.28. The lowest BCUT2D eigenvalue weighted by Gasteiger charge is -2.34. The number of anilines is 1. The second-order valence-corrected chi connectivity index (χ2v) is 10.8. The van der Waals surface area contributed by atoms with Crippen molar-refractivity contribution >= 4 is 39.1 Å². The summed E-state index contributed by atoms with van der Waals surface area (Å²) in [5.41, 5.74) is 0.802. The Hall–Kier alpha value is -2.46. The van der Waals surface area contributed by atoms with Crippen molar-refractivity contribution < 1.29 is 22.7 Å². The van der Waals surface area contributed by atoms with Gasteiger partial charge in [-0.3, -0.25) is 9.59 Å². The van der Waals surface area contributed by atoms with E-state index in [1.54, 1.807) is 38.1 Å². The highest BCUT2D eigenvalue weighted by atomic mass is 35.5. The Balaban J connectivity index is 1.58. The third-order valence-electron chi connectivity index (χ3n) is 5.53. The fraction of sp³-hybridized carbons (Fsp3) is 0.391. The van der Waals surface area contributed by atoms with Crippen molar-refractivity contribution in [3.05, 3.63) is 58.6 Å². The van der Waals surface area contributed by atoms with E-state index < -0.39 is 15.9 Å². The van der Waals surface area contributed by atoms with Crippen molar-refractivity contribution in [2.24, 2.45) is 0 Å². The number of hydrogen-bond acceptors (Lipinski definition) is 5. The Morgan fingerprint density at radius 1 is 1.03 bits per heavy atom. The van der Waals surface area contributed by atoms with Gasteiger partial charge in [-0.25, -0.2) is 8.42 Å². The van der Waals surface area contributed by atoms with Gasteiger partial charge in [-0.05, 0) is 57.0 Å². The SMILES string of the molecule is C[C@H]1CN(S(=O)(=O)c2cc(C(=O)Nc3ccccc3C(=O)NC3CC3)ccc2Cl)C[C@H](C)O1. The van der Waals surface area contributed by atoms with Gasteiger partial charge in [-0.15, -0.1) is 0 Å². The zero-order valence-electron chi connectivity index (χ0n) is 18.4. The minimum absolute atomic E-state index is 0.0301. The number of benzene rings is 2. The molecule has 0 aromatic heterocycles. The lowest BCUT2D eigenvalue weighted by atomic mass is 10.1. The van der Waals surface area contributed by atoms with Crippen molar-refractivity contribution in [3.8, 4) is 0 Å². The summed E-state index contributed by atoms with van der Waals surface area (Å²) in [5.74, 6) is -0.804. The molecule has 4 rings (SSSR count). The van der Waals surface area contributed by atoms with Crippen LogP contribution in [0.1, 0.15) is 47.4 Å². The van der Waals surface area contributed by atoms with E-state index in [4.69, 9.17) is 16.3 Å². The van der Waals surface area contributed by atoms with Gasteiger partial charge < -0.3 is 15.4 Å². The summed E-state index contributed by atoms with van der Waals surface area (Å²) in [6.45, 7) is 4.01. The fourth-order valence-corrected chi connectivity index (χ4v) is 5.87. The largest absolute Gasteiger partial charge is 0.373 e. The Kier molecular flexibility index (Phi) is 6.76. The third-order valence-corrected chi connectivity index (χ3v) is 7.84. The molecule has 2 amide bonds. The van der Waals surface area contributed by atoms with E-state index in [2.05, 4.69) is 10.6 Å². The van der Waals surface area contributed by atoms with E-state index in [1.807, 2.05) is 0 Å². The maximum atomic E-state index is 13.3. The molecule has 1 aliphatic carbocycles. The molecule has 2 aromatic carbocycles. The van der Waals surface area contributed by atoms with Crippen LogP contribution in [0, 0.1) is 0 Å². The fourth-order valence-electron chi connectivity index (χ4n) is 3.78. The molecule has 2 N–H and O–H groups in total. The Bertz CT molecular complexity index is 1170. The molecule has 10 heteroatoms. The quantitative estimate of drug-likeness (QED) is 0.645. The molecule has 2 atom stereocenters. The number of sulfonamides is 1. The van der Waals surface area contributed by atoms with Gasteiger partial charge in [0, 0.05) is 24.7 Å². The molecule has 33 heavy (non-hydrogen) atoms. The van der Waals surface area contributed by atoms with Crippen LogP contribution in [0.3, 0.4) is 0 Å². The van der Waals surface area contributed by atoms with E-state index in [0.717, 1.165) is 12.8 Å². The first-order valence-electron chi connectivity index (χ1n) is 10.8. The van der Waals surface area contributed by atoms with Crippen LogP contribution in [0.2, 0.25) is 5.02 Å². The van der Waals surface area contributed by atoms with Gasteiger partial charge in [0.15, 0.2) is 0 Å². The van der Waals surface area contributed by atoms with Crippen LogP contribution in [-0.2, 0) is 14.8 Å². The van der Waals surface area contributed by atoms with Gasteiger partial charge in [0.05, 0.1) is 28.5 Å². The van der Waals surface area contributed by atoms with Gasteiger partial charge in [-0.2, -0.15) is 4.31 Å². The number of nitrogens with zero attached hydrogens (tertiary/aromatic N) is 1. The Labute approximate surface area is 198 Å². The van der Waals surface area contributed by atoms with Gasteiger partial charge in [0.25, 0.3) is 11.8 Å². The molecule has 2 aliphatic rings. The number of halogens is 1. The highest BCUT2D eigenvalue weighted by Gasteiger charge is 2.34. The number of carbonyl (C=O) groups excluding carboxylic acids is 2. The number of rotatable bonds is 6. The number of carbonyl (C=O) groups is 2. The molecule has 2 aromatic rings. The van der Waals surface area contributed by atoms with Crippen molar-refractivity contribution in [2.75, 3.05) is 18.4 Å². The highest BCUT2D eigenvalue weighted by molar-refractivity contribution is 7.89. The molecule has 0 unspecified atom stereocenters. The molecule has 0 spiro atoms. The highest BCUT2D eigenvalue weighted by Crippen LogP contribution is 2.29. The van der Waals surface area contributed by atoms with Crippen LogP contribution in [0.25, 0.3) is 0 Å². The van der Waals surface area contributed by atoms with Gasteiger partial charge in [0.1, 0.15) is 4.90 Å². The minimum Gasteiger partial charge on any atom is -0.373 e. The topological polar surface area (TPSA) is 105 Å². The predicted molar refractivity (Wildman–Crippen MR) is 125 cm³/mol. The summed E-state index contributed by atoms with van der Waals surface area (Å²) in [7, 11) is -3.94. The molecule has 1 aliphatic heterocycles. The van der Waals surface area contributed by atoms with Crippen LogP contribution in [0.15, 0.2) is 47.4 Å². The third kappa shape index (κ3) is 5.38. The first kappa shape index (κ1) is 23.7. The van der Waals surface area contributed by atoms with Gasteiger partial charge >= 0.3 is 0 Å². The van der Waals surface area contributed by atoms with Crippen LogP contribution >= 0.6 is 11.6 Å². The molecular formula is C23H26ClN3O5S. The number of hydrogen-bond donors (Lipinski definition) is 2. The number of ether oxygens (including phenoxy) is 1. The minimum atomic E-state index is -3.94.